The van der Waals surface area contributed by atoms with Crippen LogP contribution in [0, 0.1) is 0 Å². The Bertz CT molecular complexity index is 139. The van der Waals surface area contributed by atoms with E-state index in [2.05, 4.69) is 5.32 Å². The first kappa shape index (κ1) is 5.38. The molecular weight excluding hydrogens is 102 g/mol. The summed E-state index contributed by atoms with van der Waals surface area (Å²) >= 11 is 0. The van der Waals surface area contributed by atoms with Crippen molar-refractivity contribution in [3.05, 3.63) is 24.2 Å². The summed E-state index contributed by atoms with van der Waals surface area (Å²) in [5.41, 5.74) is 1.19. The maximum atomic E-state index is 4.83. The van der Waals surface area contributed by atoms with Gasteiger partial charge in [-0.2, -0.15) is 0 Å². The maximum Gasteiger partial charge on any atom is 0.0947 e. The molecule has 1 N–H and O–H groups in total. The van der Waals surface area contributed by atoms with E-state index in [-0.39, 0.29) is 1.43 Å². The van der Waals surface area contributed by atoms with Gasteiger partial charge in [-0.05, 0) is 13.1 Å². The molecule has 1 aromatic heterocycles. The van der Waals surface area contributed by atoms with Crippen LogP contribution in [0.2, 0.25) is 0 Å². The molecule has 0 unspecified atom stereocenters. The molecule has 1 rings (SSSR count). The normalized spacial score (nSPS) is 9.62. The molecule has 0 spiro atoms. The maximum absolute atomic E-state index is 4.83. The van der Waals surface area contributed by atoms with Gasteiger partial charge in [-0.3, -0.25) is 0 Å². The lowest BCUT2D eigenvalue weighted by Gasteiger charge is -1.88. The lowest BCUT2D eigenvalue weighted by atomic mass is 10.3. The number of hydrogen-bond acceptors (Lipinski definition) is 2. The van der Waals surface area contributed by atoms with Gasteiger partial charge in [0.15, 0.2) is 0 Å². The first-order chi connectivity index (χ1) is 3.93. The molecule has 0 amide bonds. The van der Waals surface area contributed by atoms with E-state index in [1.165, 1.54) is 5.56 Å². The Kier molecular flexibility index (Phi) is 1.70. The Morgan fingerprint density at radius 3 is 3.25 bits per heavy atom. The second kappa shape index (κ2) is 2.52. The summed E-state index contributed by atoms with van der Waals surface area (Å²) in [5.74, 6) is 0. The average Bonchev–Trinajstić information content (AvgIpc) is 2.19. The minimum atomic E-state index is 0. The molecular formula is C6H11NO. The highest BCUT2D eigenvalue weighted by molar-refractivity contribution is 5.03. The number of furan rings is 1. The zero-order valence-corrected chi connectivity index (χ0v) is 4.85. The quantitative estimate of drug-likeness (QED) is 0.624. The third-order valence-electron chi connectivity index (χ3n) is 0.961. The summed E-state index contributed by atoms with van der Waals surface area (Å²) in [6.07, 6.45) is 3.41. The Hall–Kier alpha value is -0.760. The van der Waals surface area contributed by atoms with E-state index in [0.717, 1.165) is 6.54 Å². The lowest BCUT2D eigenvalue weighted by Crippen LogP contribution is -2.03. The molecule has 1 aromatic rings. The molecule has 0 radical (unpaired) electrons. The van der Waals surface area contributed by atoms with Crippen LogP contribution in [0.5, 0.6) is 0 Å². The molecule has 0 aromatic carbocycles. The number of hydrogen-bond donors (Lipinski definition) is 1. The van der Waals surface area contributed by atoms with Gasteiger partial charge in [0, 0.05) is 13.5 Å². The molecule has 1 heterocycles. The Morgan fingerprint density at radius 2 is 2.75 bits per heavy atom. The summed E-state index contributed by atoms with van der Waals surface area (Å²) in [4.78, 5) is 0. The number of nitrogens with one attached hydrogen (secondary N) is 1. The van der Waals surface area contributed by atoms with Crippen molar-refractivity contribution in [2.45, 2.75) is 6.54 Å². The Labute approximate surface area is 50.0 Å². The molecule has 0 aliphatic rings. The third-order valence-corrected chi connectivity index (χ3v) is 0.961. The first-order valence-electron chi connectivity index (χ1n) is 2.59. The van der Waals surface area contributed by atoms with Crippen LogP contribution in [0.1, 0.15) is 6.99 Å². The molecule has 0 aliphatic heterocycles. The highest BCUT2D eigenvalue weighted by Crippen LogP contribution is 1.96. The van der Waals surface area contributed by atoms with Gasteiger partial charge in [0.05, 0.1) is 12.5 Å². The molecule has 0 fully saturated rings. The van der Waals surface area contributed by atoms with E-state index in [1.54, 1.807) is 12.5 Å². The van der Waals surface area contributed by atoms with E-state index in [9.17, 15) is 0 Å². The minimum absolute atomic E-state index is 0. The van der Waals surface area contributed by atoms with Gasteiger partial charge in [0.1, 0.15) is 0 Å². The molecule has 0 saturated carbocycles. The monoisotopic (exact) mass is 113 g/mol. The highest BCUT2D eigenvalue weighted by Gasteiger charge is 1.87. The Balaban J connectivity index is 0.000000640. The van der Waals surface area contributed by atoms with Crippen molar-refractivity contribution in [2.75, 3.05) is 7.05 Å². The second-order valence-corrected chi connectivity index (χ2v) is 1.66. The van der Waals surface area contributed by atoms with Crippen LogP contribution >= 0.6 is 0 Å². The molecule has 8 heavy (non-hydrogen) atoms. The zero-order valence-electron chi connectivity index (χ0n) is 4.85. The molecule has 2 nitrogen and oxygen atoms in total. The van der Waals surface area contributed by atoms with Crippen LogP contribution in [0.15, 0.2) is 23.0 Å². The first-order valence-corrected chi connectivity index (χ1v) is 2.59. The van der Waals surface area contributed by atoms with Crippen LogP contribution in [-0.2, 0) is 6.54 Å². The van der Waals surface area contributed by atoms with E-state index >= 15 is 0 Å². The zero-order chi connectivity index (χ0) is 5.82. The second-order valence-electron chi connectivity index (χ2n) is 1.66. The van der Waals surface area contributed by atoms with Gasteiger partial charge >= 0.3 is 0 Å². The Morgan fingerprint density at radius 1 is 1.88 bits per heavy atom. The summed E-state index contributed by atoms with van der Waals surface area (Å²) in [7, 11) is 1.91. The molecule has 0 saturated heterocycles. The lowest BCUT2D eigenvalue weighted by molar-refractivity contribution is 0.562. The van der Waals surface area contributed by atoms with Gasteiger partial charge in [0.25, 0.3) is 0 Å². The fraction of sp³-hybridized carbons (Fsp3) is 0.333. The van der Waals surface area contributed by atoms with Crippen molar-refractivity contribution in [2.24, 2.45) is 0 Å². The summed E-state index contributed by atoms with van der Waals surface area (Å²) < 4.78 is 4.83. The summed E-state index contributed by atoms with van der Waals surface area (Å²) in [6.45, 7) is 0.885. The fourth-order valence-corrected chi connectivity index (χ4v) is 0.597. The minimum Gasteiger partial charge on any atom is -0.472 e. The van der Waals surface area contributed by atoms with Gasteiger partial charge in [-0.1, -0.05) is 0 Å². The average molecular weight is 113 g/mol. The summed E-state index contributed by atoms with van der Waals surface area (Å²) in [6, 6.07) is 1.94. The highest BCUT2D eigenvalue weighted by atomic mass is 16.3. The van der Waals surface area contributed by atoms with Crippen LogP contribution in [0.25, 0.3) is 0 Å². The van der Waals surface area contributed by atoms with Crippen LogP contribution in [-0.4, -0.2) is 7.05 Å². The molecule has 0 aliphatic carbocycles. The molecule has 0 atom stereocenters. The van der Waals surface area contributed by atoms with Gasteiger partial charge in [-0.15, -0.1) is 0 Å². The molecule has 2 heteroatoms. The van der Waals surface area contributed by atoms with Gasteiger partial charge < -0.3 is 9.73 Å². The van der Waals surface area contributed by atoms with E-state index < -0.39 is 0 Å². The largest absolute Gasteiger partial charge is 0.472 e. The van der Waals surface area contributed by atoms with E-state index in [1.807, 2.05) is 13.1 Å². The summed E-state index contributed by atoms with van der Waals surface area (Å²) in [5, 5.41) is 3.01. The van der Waals surface area contributed by atoms with Crippen LogP contribution < -0.4 is 5.32 Å². The van der Waals surface area contributed by atoms with Crippen molar-refractivity contribution in [3.8, 4) is 0 Å². The SMILES string of the molecule is CNCc1ccoc1.[HH]. The number of rotatable bonds is 2. The van der Waals surface area contributed by atoms with Gasteiger partial charge in [-0.25, -0.2) is 0 Å². The van der Waals surface area contributed by atoms with Crippen molar-refractivity contribution in [3.63, 3.8) is 0 Å². The predicted molar refractivity (Wildman–Crippen MR) is 33.6 cm³/mol. The fourth-order valence-electron chi connectivity index (χ4n) is 0.597. The smallest absolute Gasteiger partial charge is 0.0947 e. The van der Waals surface area contributed by atoms with Crippen molar-refractivity contribution >= 4 is 0 Å². The van der Waals surface area contributed by atoms with Crippen molar-refractivity contribution < 1.29 is 5.84 Å². The van der Waals surface area contributed by atoms with Crippen molar-refractivity contribution in [1.29, 1.82) is 0 Å². The predicted octanol–water partition coefficient (Wildman–Crippen LogP) is 1.25. The van der Waals surface area contributed by atoms with Gasteiger partial charge in [0.2, 0.25) is 0 Å². The molecule has 0 bridgehead atoms. The van der Waals surface area contributed by atoms with E-state index in [4.69, 9.17) is 4.42 Å². The van der Waals surface area contributed by atoms with E-state index in [0.29, 0.717) is 0 Å². The van der Waals surface area contributed by atoms with Crippen molar-refractivity contribution in [1.82, 2.24) is 5.32 Å². The standard InChI is InChI=1S/C6H9NO.H2/c1-7-4-6-2-3-8-5-6;/h2-3,5,7H,4H2,1H3;1H. The third kappa shape index (κ3) is 1.10. The van der Waals surface area contributed by atoms with Crippen LogP contribution in [0.4, 0.5) is 0 Å². The van der Waals surface area contributed by atoms with Crippen LogP contribution in [0.3, 0.4) is 0 Å². The topological polar surface area (TPSA) is 25.2 Å². The molecule has 46 valence electrons.